The van der Waals surface area contributed by atoms with Crippen molar-refractivity contribution >= 4 is 82.0 Å². The van der Waals surface area contributed by atoms with Gasteiger partial charge in [0.05, 0.1) is 21.2 Å². The molecule has 1 heterocycles. The minimum atomic E-state index is -0.389. The van der Waals surface area contributed by atoms with E-state index in [0.29, 0.717) is 16.7 Å². The number of thiol groups is 1. The number of benzene rings is 2. The second-order valence-electron chi connectivity index (χ2n) is 8.45. The van der Waals surface area contributed by atoms with Gasteiger partial charge in [-0.2, -0.15) is 4.98 Å². The molecule has 1 fully saturated rings. The van der Waals surface area contributed by atoms with E-state index in [1.165, 1.54) is 16.4 Å². The maximum absolute atomic E-state index is 12.7. The second-order valence-corrected chi connectivity index (χ2v) is 10.1. The standard InChI is InChI=1S/C23H25Cl3N6OS/c1-31(2)21-16-5-3-4-6-19(16)28-22(30-21)27-14-7-9-15(10-8-14)32(34)23(33)29-20-17(25)11-13(24)12-18(20)26/h3-6,11-12,14-15,34H,7-10H2,1-2H3,(H,29,33)(H,27,28,30). The molecule has 1 saturated carbocycles. The number of urea groups is 1. The number of nitrogens with zero attached hydrogens (tertiary/aromatic N) is 4. The Morgan fingerprint density at radius 3 is 2.32 bits per heavy atom. The molecular formula is C23H25Cl3N6OS. The average molecular weight is 540 g/mol. The molecule has 34 heavy (non-hydrogen) atoms. The summed E-state index contributed by atoms with van der Waals surface area (Å²) in [5.41, 5.74) is 1.22. The zero-order valence-electron chi connectivity index (χ0n) is 18.7. The lowest BCUT2D eigenvalue weighted by Gasteiger charge is -2.34. The fourth-order valence-electron chi connectivity index (χ4n) is 4.10. The van der Waals surface area contributed by atoms with Gasteiger partial charge in [-0.15, -0.1) is 0 Å². The highest BCUT2D eigenvalue weighted by molar-refractivity contribution is 7.78. The van der Waals surface area contributed by atoms with Crippen LogP contribution in [-0.4, -0.2) is 46.5 Å². The number of aromatic nitrogens is 2. The molecule has 0 unspecified atom stereocenters. The molecule has 1 aliphatic rings. The van der Waals surface area contributed by atoms with Crippen molar-refractivity contribution in [3.8, 4) is 0 Å². The lowest BCUT2D eigenvalue weighted by atomic mass is 9.91. The summed E-state index contributed by atoms with van der Waals surface area (Å²) in [5, 5.41) is 8.17. The van der Waals surface area contributed by atoms with Crippen LogP contribution in [-0.2, 0) is 0 Å². The van der Waals surface area contributed by atoms with E-state index >= 15 is 0 Å². The highest BCUT2D eigenvalue weighted by Crippen LogP contribution is 2.35. The predicted octanol–water partition coefficient (Wildman–Crippen LogP) is 6.76. The Kier molecular flexibility index (Phi) is 7.82. The summed E-state index contributed by atoms with van der Waals surface area (Å²) >= 11 is 22.8. The summed E-state index contributed by atoms with van der Waals surface area (Å²) in [4.78, 5) is 24.2. The van der Waals surface area contributed by atoms with Gasteiger partial charge in [0, 0.05) is 36.6 Å². The van der Waals surface area contributed by atoms with Crippen molar-refractivity contribution in [3.05, 3.63) is 51.5 Å². The first-order valence-electron chi connectivity index (χ1n) is 10.9. The van der Waals surface area contributed by atoms with Crippen molar-refractivity contribution in [2.75, 3.05) is 29.6 Å². The number of rotatable bonds is 5. The maximum atomic E-state index is 12.7. The van der Waals surface area contributed by atoms with Crippen LogP contribution in [0.5, 0.6) is 0 Å². The SMILES string of the molecule is CN(C)c1nc(NC2CCC(N(S)C(=O)Nc3c(Cl)cc(Cl)cc3Cl)CC2)nc2ccccc12. The molecule has 1 aliphatic carbocycles. The molecule has 0 atom stereocenters. The van der Waals surface area contributed by atoms with Crippen molar-refractivity contribution in [3.63, 3.8) is 0 Å². The summed E-state index contributed by atoms with van der Waals surface area (Å²) < 4.78 is 1.41. The van der Waals surface area contributed by atoms with Gasteiger partial charge in [0.15, 0.2) is 0 Å². The van der Waals surface area contributed by atoms with E-state index in [4.69, 9.17) is 44.8 Å². The van der Waals surface area contributed by atoms with E-state index in [0.717, 1.165) is 42.4 Å². The van der Waals surface area contributed by atoms with Crippen molar-refractivity contribution in [2.45, 2.75) is 37.8 Å². The van der Waals surface area contributed by atoms with Crippen LogP contribution in [0.1, 0.15) is 25.7 Å². The first-order chi connectivity index (χ1) is 16.2. The number of carbonyl (C=O) groups excluding carboxylic acids is 1. The third-order valence-electron chi connectivity index (χ3n) is 5.83. The maximum Gasteiger partial charge on any atom is 0.331 e. The predicted molar refractivity (Wildman–Crippen MR) is 145 cm³/mol. The summed E-state index contributed by atoms with van der Waals surface area (Å²) in [7, 11) is 3.95. The molecule has 0 radical (unpaired) electrons. The number of fused-ring (bicyclic) bond motifs is 1. The number of halogens is 3. The van der Waals surface area contributed by atoms with Gasteiger partial charge < -0.3 is 15.5 Å². The van der Waals surface area contributed by atoms with E-state index in [1.54, 1.807) is 0 Å². The molecule has 180 valence electrons. The van der Waals surface area contributed by atoms with Crippen LogP contribution in [0.4, 0.5) is 22.2 Å². The third-order valence-corrected chi connectivity index (χ3v) is 7.15. The molecule has 2 amide bonds. The highest BCUT2D eigenvalue weighted by atomic mass is 35.5. The Balaban J connectivity index is 1.37. The van der Waals surface area contributed by atoms with Gasteiger partial charge in [0.2, 0.25) is 5.95 Å². The molecule has 7 nitrogen and oxygen atoms in total. The Hall–Kier alpha value is -2.13. The van der Waals surface area contributed by atoms with Gasteiger partial charge in [0.25, 0.3) is 0 Å². The molecule has 2 aromatic carbocycles. The molecule has 1 aromatic heterocycles. The third kappa shape index (κ3) is 5.57. The quantitative estimate of drug-likeness (QED) is 0.313. The van der Waals surface area contributed by atoms with Crippen molar-refractivity contribution in [2.24, 2.45) is 0 Å². The fourth-order valence-corrected chi connectivity index (χ4v) is 5.30. The van der Waals surface area contributed by atoms with Gasteiger partial charge in [-0.05, 0) is 49.9 Å². The Morgan fingerprint density at radius 1 is 1.03 bits per heavy atom. The van der Waals surface area contributed by atoms with Crippen LogP contribution < -0.4 is 15.5 Å². The van der Waals surface area contributed by atoms with Gasteiger partial charge in [0.1, 0.15) is 5.82 Å². The molecule has 0 aliphatic heterocycles. The number of para-hydroxylation sites is 1. The molecule has 0 saturated heterocycles. The number of anilines is 3. The van der Waals surface area contributed by atoms with E-state index < -0.39 is 0 Å². The van der Waals surface area contributed by atoms with Crippen LogP contribution >= 0.6 is 47.6 Å². The monoisotopic (exact) mass is 538 g/mol. The van der Waals surface area contributed by atoms with Crippen LogP contribution in [0.3, 0.4) is 0 Å². The number of hydrogen-bond donors (Lipinski definition) is 3. The van der Waals surface area contributed by atoms with Crippen molar-refractivity contribution in [1.82, 2.24) is 14.3 Å². The Morgan fingerprint density at radius 2 is 1.68 bits per heavy atom. The van der Waals surface area contributed by atoms with Crippen LogP contribution in [0.15, 0.2) is 36.4 Å². The highest BCUT2D eigenvalue weighted by Gasteiger charge is 2.28. The van der Waals surface area contributed by atoms with E-state index in [-0.39, 0.29) is 28.2 Å². The van der Waals surface area contributed by atoms with Gasteiger partial charge in [-0.25, -0.2) is 9.78 Å². The lowest BCUT2D eigenvalue weighted by Crippen LogP contribution is -2.40. The minimum Gasteiger partial charge on any atom is -0.362 e. The summed E-state index contributed by atoms with van der Waals surface area (Å²) in [6, 6.07) is 10.8. The minimum absolute atomic E-state index is 0.0268. The second kappa shape index (κ2) is 10.6. The molecule has 4 rings (SSSR count). The molecule has 3 aromatic rings. The van der Waals surface area contributed by atoms with Crippen molar-refractivity contribution in [1.29, 1.82) is 0 Å². The largest absolute Gasteiger partial charge is 0.362 e. The van der Waals surface area contributed by atoms with Gasteiger partial charge >= 0.3 is 6.03 Å². The van der Waals surface area contributed by atoms with Crippen LogP contribution in [0, 0.1) is 0 Å². The normalized spacial score (nSPS) is 17.9. The van der Waals surface area contributed by atoms with E-state index in [1.807, 2.05) is 43.3 Å². The molecule has 0 spiro atoms. The topological polar surface area (TPSA) is 73.4 Å². The molecular weight excluding hydrogens is 515 g/mol. The van der Waals surface area contributed by atoms with Gasteiger partial charge in [-0.3, -0.25) is 4.31 Å². The van der Waals surface area contributed by atoms with E-state index in [9.17, 15) is 4.79 Å². The first kappa shape index (κ1) is 25.0. The summed E-state index contributed by atoms with van der Waals surface area (Å²) in [6.45, 7) is 0. The Labute approximate surface area is 219 Å². The zero-order valence-corrected chi connectivity index (χ0v) is 21.9. The smallest absolute Gasteiger partial charge is 0.331 e. The van der Waals surface area contributed by atoms with Crippen LogP contribution in [0.25, 0.3) is 10.9 Å². The number of amides is 2. The molecule has 2 N–H and O–H groups in total. The summed E-state index contributed by atoms with van der Waals surface area (Å²) in [5.74, 6) is 1.48. The van der Waals surface area contributed by atoms with Crippen LogP contribution in [0.2, 0.25) is 15.1 Å². The molecule has 0 bridgehead atoms. The number of nitrogens with one attached hydrogen (secondary N) is 2. The first-order valence-corrected chi connectivity index (χ1v) is 12.4. The number of carbonyl (C=O) groups is 1. The van der Waals surface area contributed by atoms with Crippen molar-refractivity contribution < 1.29 is 4.79 Å². The fraction of sp³-hybridized carbons (Fsp3) is 0.348. The number of hydrogen-bond acceptors (Lipinski definition) is 6. The summed E-state index contributed by atoms with van der Waals surface area (Å²) in [6.07, 6.45) is 3.27. The average Bonchev–Trinajstić information content (AvgIpc) is 2.80. The van der Waals surface area contributed by atoms with Gasteiger partial charge in [-0.1, -0.05) is 59.8 Å². The lowest BCUT2D eigenvalue weighted by molar-refractivity contribution is 0.217. The zero-order chi connectivity index (χ0) is 24.4. The van der Waals surface area contributed by atoms with E-state index in [2.05, 4.69) is 23.4 Å². The Bertz CT molecular complexity index is 1180. The molecule has 11 heteroatoms.